The van der Waals surface area contributed by atoms with E-state index in [2.05, 4.69) is 4.74 Å². The zero-order valence-corrected chi connectivity index (χ0v) is 12.3. The van der Waals surface area contributed by atoms with E-state index >= 15 is 0 Å². The van der Waals surface area contributed by atoms with Crippen LogP contribution in [0.2, 0.25) is 0 Å². The third-order valence-corrected chi connectivity index (χ3v) is 3.15. The van der Waals surface area contributed by atoms with Gasteiger partial charge < -0.3 is 14.2 Å². The highest BCUT2D eigenvalue weighted by Crippen LogP contribution is 2.30. The molecule has 0 bridgehead atoms. The van der Waals surface area contributed by atoms with Gasteiger partial charge in [-0.05, 0) is 13.8 Å². The number of esters is 2. The summed E-state index contributed by atoms with van der Waals surface area (Å²) in [6, 6.07) is 0. The summed E-state index contributed by atoms with van der Waals surface area (Å²) >= 11 is 0. The van der Waals surface area contributed by atoms with E-state index in [0.29, 0.717) is 0 Å². The Kier molecular flexibility index (Phi) is 5.69. The van der Waals surface area contributed by atoms with Crippen molar-refractivity contribution >= 4 is 23.8 Å². The number of amides is 1. The topological polar surface area (TPSA) is 99.2 Å². The third-order valence-electron chi connectivity index (χ3n) is 3.15. The molecule has 1 saturated heterocycles. The molecule has 0 saturated carbocycles. The van der Waals surface area contributed by atoms with Gasteiger partial charge >= 0.3 is 18.0 Å². The van der Waals surface area contributed by atoms with E-state index < -0.39 is 30.0 Å². The lowest BCUT2D eigenvalue weighted by molar-refractivity contribution is -0.177. The molecule has 1 aliphatic rings. The maximum atomic E-state index is 12.3. The maximum absolute atomic E-state index is 12.3. The number of likely N-dealkylation sites (tertiary alicyclic amines) is 1. The van der Waals surface area contributed by atoms with Gasteiger partial charge in [-0.15, -0.1) is 0 Å². The fourth-order valence-corrected chi connectivity index (χ4v) is 2.20. The summed E-state index contributed by atoms with van der Waals surface area (Å²) in [6.07, 6.45) is -1.32. The van der Waals surface area contributed by atoms with Crippen molar-refractivity contribution in [3.05, 3.63) is 0 Å². The first kappa shape index (κ1) is 16.9. The Hall–Kier alpha value is -2.12. The zero-order chi connectivity index (χ0) is 16.0. The molecule has 0 aromatic heterocycles. The van der Waals surface area contributed by atoms with Gasteiger partial charge in [-0.3, -0.25) is 9.69 Å². The number of carbonyl (C=O) groups is 4. The van der Waals surface area contributed by atoms with Gasteiger partial charge in [-0.25, -0.2) is 14.4 Å². The SMILES string of the molecule is CCOC(=O)C1(C(=O)OCC)CC(=O)CCN1C(=O)OC. The van der Waals surface area contributed by atoms with E-state index in [1.165, 1.54) is 0 Å². The minimum Gasteiger partial charge on any atom is -0.464 e. The van der Waals surface area contributed by atoms with Crippen LogP contribution in [0.5, 0.6) is 0 Å². The summed E-state index contributed by atoms with van der Waals surface area (Å²) in [5, 5.41) is 0. The van der Waals surface area contributed by atoms with E-state index in [9.17, 15) is 19.2 Å². The molecule has 1 rings (SSSR count). The second-order valence-corrected chi connectivity index (χ2v) is 4.39. The molecule has 21 heavy (non-hydrogen) atoms. The summed E-state index contributed by atoms with van der Waals surface area (Å²) in [7, 11) is 1.12. The van der Waals surface area contributed by atoms with Gasteiger partial charge in [0.25, 0.3) is 0 Å². The van der Waals surface area contributed by atoms with Crippen molar-refractivity contribution in [3.8, 4) is 0 Å². The van der Waals surface area contributed by atoms with Gasteiger partial charge in [-0.2, -0.15) is 0 Å². The molecule has 0 spiro atoms. The highest BCUT2D eigenvalue weighted by Gasteiger charge is 2.59. The zero-order valence-electron chi connectivity index (χ0n) is 12.3. The Labute approximate surface area is 122 Å². The molecule has 0 aromatic carbocycles. The average Bonchev–Trinajstić information content (AvgIpc) is 2.46. The van der Waals surface area contributed by atoms with Gasteiger partial charge in [0.2, 0.25) is 5.54 Å². The largest absolute Gasteiger partial charge is 0.464 e. The fourth-order valence-electron chi connectivity index (χ4n) is 2.20. The van der Waals surface area contributed by atoms with Crippen molar-refractivity contribution in [2.45, 2.75) is 32.2 Å². The van der Waals surface area contributed by atoms with E-state index in [1.54, 1.807) is 13.8 Å². The normalized spacial score (nSPS) is 17.1. The van der Waals surface area contributed by atoms with Crippen LogP contribution in [-0.2, 0) is 28.6 Å². The molecule has 0 N–H and O–H groups in total. The van der Waals surface area contributed by atoms with Crippen molar-refractivity contribution in [1.82, 2.24) is 4.90 Å². The first-order valence-electron chi connectivity index (χ1n) is 6.65. The number of methoxy groups -OCH3 is 1. The van der Waals surface area contributed by atoms with Crippen molar-refractivity contribution in [3.63, 3.8) is 0 Å². The average molecular weight is 301 g/mol. The molecule has 0 unspecified atom stereocenters. The number of carbonyl (C=O) groups excluding carboxylic acids is 4. The van der Waals surface area contributed by atoms with Crippen molar-refractivity contribution in [2.75, 3.05) is 26.9 Å². The molecule has 1 aliphatic heterocycles. The quantitative estimate of drug-likeness (QED) is 0.418. The smallest absolute Gasteiger partial charge is 0.410 e. The van der Waals surface area contributed by atoms with Gasteiger partial charge in [0, 0.05) is 13.0 Å². The van der Waals surface area contributed by atoms with Crippen LogP contribution in [0.3, 0.4) is 0 Å². The number of rotatable bonds is 4. The van der Waals surface area contributed by atoms with Crippen LogP contribution in [0.25, 0.3) is 0 Å². The van der Waals surface area contributed by atoms with Gasteiger partial charge in [0.1, 0.15) is 5.78 Å². The highest BCUT2D eigenvalue weighted by atomic mass is 16.6. The lowest BCUT2D eigenvalue weighted by Gasteiger charge is -2.40. The lowest BCUT2D eigenvalue weighted by Crippen LogP contribution is -2.66. The molecule has 8 nitrogen and oxygen atoms in total. The number of Topliss-reactive ketones (excluding diaryl/α,β-unsaturated/α-hetero) is 1. The minimum absolute atomic E-state index is 0.00317. The van der Waals surface area contributed by atoms with E-state index in [0.717, 1.165) is 12.0 Å². The summed E-state index contributed by atoms with van der Waals surface area (Å²) in [5.41, 5.74) is -2.10. The molecule has 1 heterocycles. The standard InChI is InChI=1S/C13H19NO7/c1-4-20-10(16)13(11(17)21-5-2)8-9(15)6-7-14(13)12(18)19-3/h4-8H2,1-3H3. The molecule has 0 radical (unpaired) electrons. The summed E-state index contributed by atoms with van der Waals surface area (Å²) in [4.78, 5) is 49.1. The van der Waals surface area contributed by atoms with E-state index in [-0.39, 0.29) is 32.0 Å². The van der Waals surface area contributed by atoms with Crippen LogP contribution in [0, 0.1) is 0 Å². The van der Waals surface area contributed by atoms with Crippen LogP contribution < -0.4 is 0 Å². The Morgan fingerprint density at radius 2 is 1.67 bits per heavy atom. The number of hydrogen-bond acceptors (Lipinski definition) is 7. The Morgan fingerprint density at radius 3 is 2.10 bits per heavy atom. The van der Waals surface area contributed by atoms with E-state index in [1.807, 2.05) is 0 Å². The second kappa shape index (κ2) is 7.05. The molecule has 118 valence electrons. The number of piperidine rings is 1. The Balaban J connectivity index is 3.31. The molecule has 1 fully saturated rings. The maximum Gasteiger partial charge on any atom is 0.410 e. The van der Waals surface area contributed by atoms with Crippen LogP contribution in [-0.4, -0.2) is 61.1 Å². The Morgan fingerprint density at radius 1 is 1.14 bits per heavy atom. The van der Waals surface area contributed by atoms with Crippen LogP contribution in [0.15, 0.2) is 0 Å². The first-order chi connectivity index (χ1) is 9.93. The molecule has 0 atom stereocenters. The van der Waals surface area contributed by atoms with Gasteiger partial charge in [0.15, 0.2) is 0 Å². The predicted molar refractivity (Wildman–Crippen MR) is 69.3 cm³/mol. The highest BCUT2D eigenvalue weighted by molar-refractivity contribution is 6.11. The summed E-state index contributed by atoms with van der Waals surface area (Å²) in [6.45, 7) is 3.02. The molecule has 1 amide bonds. The molecule has 8 heteroatoms. The number of hydrogen-bond donors (Lipinski definition) is 0. The number of ketones is 1. The predicted octanol–water partition coefficient (Wildman–Crippen LogP) is 0.283. The minimum atomic E-state index is -2.10. The third kappa shape index (κ3) is 3.14. The van der Waals surface area contributed by atoms with Crippen molar-refractivity contribution in [1.29, 1.82) is 0 Å². The van der Waals surface area contributed by atoms with Crippen LogP contribution >= 0.6 is 0 Å². The van der Waals surface area contributed by atoms with Crippen molar-refractivity contribution in [2.24, 2.45) is 0 Å². The lowest BCUT2D eigenvalue weighted by atomic mass is 9.86. The van der Waals surface area contributed by atoms with Gasteiger partial charge in [0.05, 0.1) is 26.7 Å². The number of nitrogens with zero attached hydrogens (tertiary/aromatic N) is 1. The molecule has 0 aromatic rings. The molecule has 0 aliphatic carbocycles. The monoisotopic (exact) mass is 301 g/mol. The van der Waals surface area contributed by atoms with Crippen LogP contribution in [0.1, 0.15) is 26.7 Å². The molecular weight excluding hydrogens is 282 g/mol. The van der Waals surface area contributed by atoms with Crippen molar-refractivity contribution < 1.29 is 33.4 Å². The summed E-state index contributed by atoms with van der Waals surface area (Å²) < 4.78 is 14.4. The van der Waals surface area contributed by atoms with Gasteiger partial charge in [-0.1, -0.05) is 0 Å². The van der Waals surface area contributed by atoms with E-state index in [4.69, 9.17) is 9.47 Å². The first-order valence-corrected chi connectivity index (χ1v) is 6.65. The number of ether oxygens (including phenoxy) is 3. The fraction of sp³-hybridized carbons (Fsp3) is 0.692. The molecular formula is C13H19NO7. The Bertz CT molecular complexity index is 428. The second-order valence-electron chi connectivity index (χ2n) is 4.39. The summed E-state index contributed by atoms with van der Waals surface area (Å²) in [5.74, 6) is -2.29. The van der Waals surface area contributed by atoms with Crippen LogP contribution in [0.4, 0.5) is 4.79 Å².